The van der Waals surface area contributed by atoms with Crippen LogP contribution in [0.1, 0.15) is 23.4 Å². The Balaban J connectivity index is 3.35. The number of pyridine rings is 1. The maximum atomic E-state index is 12.7. The largest absolute Gasteiger partial charge is 0.573 e. The van der Waals surface area contributed by atoms with Gasteiger partial charge in [0.25, 0.3) is 6.43 Å². The number of alkyl halides is 5. The quantitative estimate of drug-likeness (QED) is 0.812. The van der Waals surface area contributed by atoms with Crippen molar-refractivity contribution in [2.45, 2.75) is 25.8 Å². The molecule has 0 aliphatic rings. The van der Waals surface area contributed by atoms with Crippen molar-refractivity contribution in [3.05, 3.63) is 23.0 Å². The first-order valence-electron chi connectivity index (χ1n) is 5.12. The number of carbonyl (C=O) groups is 1. The molecule has 0 atom stereocenters. The van der Waals surface area contributed by atoms with Crippen molar-refractivity contribution in [2.75, 3.05) is 0 Å². The Labute approximate surface area is 109 Å². The molecule has 0 fully saturated rings. The fourth-order valence-electron chi connectivity index (χ4n) is 1.42. The minimum Gasteiger partial charge on any atom is -0.481 e. The second kappa shape index (κ2) is 5.99. The molecule has 1 aromatic rings. The zero-order chi connectivity index (χ0) is 15.5. The van der Waals surface area contributed by atoms with Crippen LogP contribution in [-0.4, -0.2) is 22.4 Å². The highest BCUT2D eigenvalue weighted by Gasteiger charge is 2.33. The fraction of sp³-hybridized carbons (Fsp3) is 0.400. The SMILES string of the molecule is NCc1cc(OC(F)(F)F)c(CC(=O)O)nc1C(F)F. The summed E-state index contributed by atoms with van der Waals surface area (Å²) in [5.41, 5.74) is 3.18. The minimum atomic E-state index is -5.10. The molecule has 0 amide bonds. The van der Waals surface area contributed by atoms with E-state index in [0.29, 0.717) is 6.07 Å². The van der Waals surface area contributed by atoms with Gasteiger partial charge in [-0.3, -0.25) is 4.79 Å². The van der Waals surface area contributed by atoms with Gasteiger partial charge < -0.3 is 15.6 Å². The van der Waals surface area contributed by atoms with E-state index in [9.17, 15) is 26.7 Å². The Morgan fingerprint density at radius 3 is 2.45 bits per heavy atom. The second-order valence-corrected chi connectivity index (χ2v) is 3.60. The third kappa shape index (κ3) is 4.30. The van der Waals surface area contributed by atoms with E-state index in [4.69, 9.17) is 10.8 Å². The second-order valence-electron chi connectivity index (χ2n) is 3.60. The van der Waals surface area contributed by atoms with Gasteiger partial charge in [-0.15, -0.1) is 13.2 Å². The zero-order valence-corrected chi connectivity index (χ0v) is 9.75. The van der Waals surface area contributed by atoms with Gasteiger partial charge in [0, 0.05) is 6.54 Å². The van der Waals surface area contributed by atoms with Crippen LogP contribution in [0.25, 0.3) is 0 Å². The molecule has 0 aliphatic carbocycles. The van der Waals surface area contributed by atoms with E-state index in [-0.39, 0.29) is 5.56 Å². The highest BCUT2D eigenvalue weighted by Crippen LogP contribution is 2.31. The summed E-state index contributed by atoms with van der Waals surface area (Å²) in [4.78, 5) is 13.8. The zero-order valence-electron chi connectivity index (χ0n) is 9.75. The molecule has 1 aromatic heterocycles. The van der Waals surface area contributed by atoms with E-state index in [1.807, 2.05) is 0 Å². The molecule has 112 valence electrons. The van der Waals surface area contributed by atoms with Crippen LogP contribution in [0.4, 0.5) is 22.0 Å². The molecule has 0 unspecified atom stereocenters. The van der Waals surface area contributed by atoms with Crippen molar-refractivity contribution in [1.29, 1.82) is 0 Å². The number of halogens is 5. The lowest BCUT2D eigenvalue weighted by Crippen LogP contribution is -2.20. The van der Waals surface area contributed by atoms with Crippen molar-refractivity contribution in [1.82, 2.24) is 4.98 Å². The first-order valence-corrected chi connectivity index (χ1v) is 5.12. The highest BCUT2D eigenvalue weighted by molar-refractivity contribution is 5.70. The van der Waals surface area contributed by atoms with E-state index in [1.165, 1.54) is 0 Å². The average molecular weight is 300 g/mol. The van der Waals surface area contributed by atoms with Gasteiger partial charge in [-0.05, 0) is 11.6 Å². The summed E-state index contributed by atoms with van der Waals surface area (Å²) in [5.74, 6) is -2.49. The van der Waals surface area contributed by atoms with Gasteiger partial charge in [-0.2, -0.15) is 0 Å². The Hall–Kier alpha value is -1.97. The van der Waals surface area contributed by atoms with Crippen LogP contribution in [-0.2, 0) is 17.8 Å². The predicted molar refractivity (Wildman–Crippen MR) is 55.1 cm³/mol. The first-order chi connectivity index (χ1) is 9.14. The van der Waals surface area contributed by atoms with E-state index in [0.717, 1.165) is 0 Å². The van der Waals surface area contributed by atoms with E-state index < -0.39 is 48.9 Å². The van der Waals surface area contributed by atoms with Crippen LogP contribution in [0.2, 0.25) is 0 Å². The molecule has 1 heterocycles. The standard InChI is InChI=1S/C10H9F5N2O3/c11-9(12)8-4(3-16)1-6(20-10(13,14)15)5(17-8)2-7(18)19/h1,9H,2-3,16H2,(H,18,19). The Morgan fingerprint density at radius 2 is 2.05 bits per heavy atom. The maximum absolute atomic E-state index is 12.7. The summed E-state index contributed by atoms with van der Waals surface area (Å²) in [6, 6.07) is 0.625. The van der Waals surface area contributed by atoms with E-state index in [2.05, 4.69) is 9.72 Å². The molecule has 0 bridgehead atoms. The van der Waals surface area contributed by atoms with Crippen molar-refractivity contribution < 1.29 is 36.6 Å². The van der Waals surface area contributed by atoms with Crippen molar-refractivity contribution in [3.8, 4) is 5.75 Å². The Morgan fingerprint density at radius 1 is 1.45 bits per heavy atom. The number of carboxylic acids is 1. The smallest absolute Gasteiger partial charge is 0.481 e. The number of rotatable bonds is 5. The van der Waals surface area contributed by atoms with Crippen LogP contribution in [0.5, 0.6) is 5.75 Å². The molecule has 3 N–H and O–H groups in total. The molecule has 0 aliphatic heterocycles. The number of hydrogen-bond donors (Lipinski definition) is 2. The van der Waals surface area contributed by atoms with E-state index >= 15 is 0 Å². The third-order valence-electron chi connectivity index (χ3n) is 2.15. The molecule has 0 aromatic carbocycles. The van der Waals surface area contributed by atoms with Crippen LogP contribution in [0.15, 0.2) is 6.07 Å². The normalized spacial score (nSPS) is 11.8. The Kier molecular flexibility index (Phi) is 4.82. The number of ether oxygens (including phenoxy) is 1. The lowest BCUT2D eigenvalue weighted by Gasteiger charge is -2.15. The van der Waals surface area contributed by atoms with Crippen molar-refractivity contribution in [2.24, 2.45) is 5.73 Å². The molecule has 0 radical (unpaired) electrons. The molecule has 0 saturated heterocycles. The van der Waals surface area contributed by atoms with Gasteiger partial charge in [0.2, 0.25) is 0 Å². The molecule has 0 spiro atoms. The lowest BCUT2D eigenvalue weighted by molar-refractivity contribution is -0.275. The summed E-state index contributed by atoms with van der Waals surface area (Å²) in [5, 5.41) is 8.56. The van der Waals surface area contributed by atoms with Crippen molar-refractivity contribution in [3.63, 3.8) is 0 Å². The van der Waals surface area contributed by atoms with Gasteiger partial charge in [0.05, 0.1) is 12.1 Å². The summed E-state index contributed by atoms with van der Waals surface area (Å²) in [7, 11) is 0. The average Bonchev–Trinajstić information content (AvgIpc) is 2.27. The molecule has 0 saturated carbocycles. The van der Waals surface area contributed by atoms with Gasteiger partial charge in [0.15, 0.2) is 5.75 Å². The number of carboxylic acid groups (broad SMARTS) is 1. The monoisotopic (exact) mass is 300 g/mol. The number of aliphatic carboxylic acids is 1. The topological polar surface area (TPSA) is 85.4 Å². The van der Waals surface area contributed by atoms with Crippen LogP contribution in [0.3, 0.4) is 0 Å². The lowest BCUT2D eigenvalue weighted by atomic mass is 10.1. The maximum Gasteiger partial charge on any atom is 0.573 e. The van der Waals surface area contributed by atoms with Crippen LogP contribution >= 0.6 is 0 Å². The molecular formula is C10H9F5N2O3. The number of nitrogens with two attached hydrogens (primary N) is 1. The van der Waals surface area contributed by atoms with Crippen LogP contribution < -0.4 is 10.5 Å². The van der Waals surface area contributed by atoms with Gasteiger partial charge in [-0.1, -0.05) is 0 Å². The number of nitrogens with zero attached hydrogens (tertiary/aromatic N) is 1. The fourth-order valence-corrected chi connectivity index (χ4v) is 1.42. The highest BCUT2D eigenvalue weighted by atomic mass is 19.4. The summed E-state index contributed by atoms with van der Waals surface area (Å²) in [6.45, 7) is -0.492. The molecule has 10 heteroatoms. The number of hydrogen-bond acceptors (Lipinski definition) is 4. The van der Waals surface area contributed by atoms with Gasteiger partial charge >= 0.3 is 12.3 Å². The summed E-state index contributed by atoms with van der Waals surface area (Å²) >= 11 is 0. The molecule has 5 nitrogen and oxygen atoms in total. The molecule has 1 rings (SSSR count). The van der Waals surface area contributed by atoms with E-state index in [1.54, 1.807) is 0 Å². The van der Waals surface area contributed by atoms with Gasteiger partial charge in [0.1, 0.15) is 5.69 Å². The Bertz CT molecular complexity index is 504. The molecule has 20 heavy (non-hydrogen) atoms. The minimum absolute atomic E-state index is 0.353. The van der Waals surface area contributed by atoms with Crippen molar-refractivity contribution >= 4 is 5.97 Å². The predicted octanol–water partition coefficient (Wildman–Crippen LogP) is 2.00. The third-order valence-corrected chi connectivity index (χ3v) is 2.15. The number of aromatic nitrogens is 1. The summed E-state index contributed by atoms with van der Waals surface area (Å²) < 4.78 is 65.5. The molecular weight excluding hydrogens is 291 g/mol. The first kappa shape index (κ1) is 16.1. The summed E-state index contributed by atoms with van der Waals surface area (Å²) in [6.07, 6.45) is -9.19. The van der Waals surface area contributed by atoms with Gasteiger partial charge in [-0.25, -0.2) is 13.8 Å². The van der Waals surface area contributed by atoms with Crippen LogP contribution in [0, 0.1) is 0 Å².